The average Bonchev–Trinajstić information content (AvgIpc) is 2.92. The number of carbonyl (C=O) groups is 1. The normalized spacial score (nSPS) is 19.6. The van der Waals surface area contributed by atoms with E-state index in [1.807, 2.05) is 19.1 Å². The van der Waals surface area contributed by atoms with Crippen LogP contribution in [0.3, 0.4) is 0 Å². The van der Waals surface area contributed by atoms with Crippen LogP contribution in [-0.2, 0) is 4.79 Å². The van der Waals surface area contributed by atoms with E-state index in [1.54, 1.807) is 23.7 Å². The number of fused-ring (bicyclic) bond motifs is 1. The zero-order valence-electron chi connectivity index (χ0n) is 15.3. The molecular formula is C19H20N4O2S2. The predicted molar refractivity (Wildman–Crippen MR) is 113 cm³/mol. The number of hydrogen-bond acceptors (Lipinski definition) is 6. The van der Waals surface area contributed by atoms with Crippen molar-refractivity contribution in [2.45, 2.75) is 26.2 Å². The molecule has 0 saturated carbocycles. The van der Waals surface area contributed by atoms with Gasteiger partial charge in [-0.05, 0) is 43.9 Å². The Balaban J connectivity index is 1.95. The molecule has 0 unspecified atom stereocenters. The highest BCUT2D eigenvalue weighted by Gasteiger charge is 2.30. The average molecular weight is 401 g/mol. The summed E-state index contributed by atoms with van der Waals surface area (Å²) in [6.07, 6.45) is 6.72. The number of pyridine rings is 1. The van der Waals surface area contributed by atoms with Crippen LogP contribution in [0.25, 0.3) is 11.7 Å². The van der Waals surface area contributed by atoms with E-state index in [0.717, 1.165) is 31.5 Å². The summed E-state index contributed by atoms with van der Waals surface area (Å²) >= 11 is 6.44. The molecule has 2 aromatic heterocycles. The summed E-state index contributed by atoms with van der Waals surface area (Å²) < 4.78 is 2.05. The molecule has 6 nitrogen and oxygen atoms in total. The highest BCUT2D eigenvalue weighted by molar-refractivity contribution is 8.26. The van der Waals surface area contributed by atoms with E-state index in [4.69, 9.17) is 17.2 Å². The topological polar surface area (TPSA) is 57.9 Å². The Kier molecular flexibility index (Phi) is 4.77. The van der Waals surface area contributed by atoms with E-state index in [-0.39, 0.29) is 11.5 Å². The fourth-order valence-corrected chi connectivity index (χ4v) is 4.61. The van der Waals surface area contributed by atoms with Crippen molar-refractivity contribution in [3.05, 3.63) is 44.7 Å². The highest BCUT2D eigenvalue weighted by Crippen LogP contribution is 2.33. The van der Waals surface area contributed by atoms with Gasteiger partial charge in [0.25, 0.3) is 11.5 Å². The first-order chi connectivity index (χ1) is 13.0. The first kappa shape index (κ1) is 18.2. The number of hydrogen-bond donors (Lipinski definition) is 0. The smallest absolute Gasteiger partial charge is 0.267 e. The van der Waals surface area contributed by atoms with Crippen molar-refractivity contribution >= 4 is 51.7 Å². The molecule has 140 valence electrons. The predicted octanol–water partition coefficient (Wildman–Crippen LogP) is 2.82. The van der Waals surface area contributed by atoms with Crippen molar-refractivity contribution < 1.29 is 4.79 Å². The molecule has 0 atom stereocenters. The maximum Gasteiger partial charge on any atom is 0.267 e. The van der Waals surface area contributed by atoms with E-state index in [9.17, 15) is 9.59 Å². The molecule has 4 rings (SSSR count). The lowest BCUT2D eigenvalue weighted by Crippen LogP contribution is -2.33. The number of nitrogens with zero attached hydrogens (tertiary/aromatic N) is 4. The molecule has 0 aliphatic carbocycles. The van der Waals surface area contributed by atoms with Crippen LogP contribution in [0.2, 0.25) is 0 Å². The number of rotatable bonds is 2. The number of aryl methyl sites for hydroxylation is 1. The fourth-order valence-electron chi connectivity index (χ4n) is 3.45. The molecule has 0 spiro atoms. The zero-order chi connectivity index (χ0) is 19.1. The van der Waals surface area contributed by atoms with Gasteiger partial charge in [-0.1, -0.05) is 30.0 Å². The number of thioether (sulfide) groups is 1. The summed E-state index contributed by atoms with van der Waals surface area (Å²) in [5.41, 5.74) is 1.89. The molecular weight excluding hydrogens is 380 g/mol. The van der Waals surface area contributed by atoms with Gasteiger partial charge in [-0.15, -0.1) is 0 Å². The molecule has 8 heteroatoms. The molecule has 2 aliphatic heterocycles. The van der Waals surface area contributed by atoms with Gasteiger partial charge in [0.2, 0.25) is 0 Å². The van der Waals surface area contributed by atoms with E-state index in [0.29, 0.717) is 26.3 Å². The van der Waals surface area contributed by atoms with Crippen LogP contribution in [0.4, 0.5) is 5.82 Å². The lowest BCUT2D eigenvalue weighted by atomic mass is 10.1. The summed E-state index contributed by atoms with van der Waals surface area (Å²) in [5.74, 6) is 0.485. The molecule has 27 heavy (non-hydrogen) atoms. The van der Waals surface area contributed by atoms with Crippen molar-refractivity contribution in [2.24, 2.45) is 0 Å². The molecule has 0 bridgehead atoms. The van der Waals surface area contributed by atoms with Gasteiger partial charge in [0, 0.05) is 26.3 Å². The van der Waals surface area contributed by atoms with Crippen LogP contribution in [0, 0.1) is 6.92 Å². The molecule has 4 heterocycles. The SMILES string of the molecule is Cc1cccn2c(=O)c(C=C3SC(=S)N(C)C3=O)c(N3CCCCC3)nc12. The van der Waals surface area contributed by atoms with E-state index < -0.39 is 0 Å². The molecule has 0 N–H and O–H groups in total. The molecule has 1 amide bonds. The summed E-state index contributed by atoms with van der Waals surface area (Å²) in [6, 6.07) is 3.78. The number of piperidine rings is 1. The second-order valence-corrected chi connectivity index (χ2v) is 8.50. The van der Waals surface area contributed by atoms with Crippen LogP contribution in [0.5, 0.6) is 0 Å². The minimum Gasteiger partial charge on any atom is -0.356 e. The third kappa shape index (κ3) is 3.17. The van der Waals surface area contributed by atoms with Gasteiger partial charge in [0.15, 0.2) is 0 Å². The Morgan fingerprint density at radius 1 is 1.22 bits per heavy atom. The molecule has 2 aliphatic rings. The maximum absolute atomic E-state index is 13.3. The van der Waals surface area contributed by atoms with Gasteiger partial charge in [-0.2, -0.15) is 0 Å². The Labute approximate surface area is 166 Å². The second-order valence-electron chi connectivity index (χ2n) is 6.83. The third-order valence-corrected chi connectivity index (χ3v) is 6.47. The second kappa shape index (κ2) is 7.09. The van der Waals surface area contributed by atoms with Crippen molar-refractivity contribution in [2.75, 3.05) is 25.0 Å². The molecule has 2 fully saturated rings. The Hall–Kier alpha value is -2.19. The number of likely N-dealkylation sites (N-methyl/N-ethyl adjacent to an activating group) is 1. The summed E-state index contributed by atoms with van der Waals surface area (Å²) in [7, 11) is 1.65. The zero-order valence-corrected chi connectivity index (χ0v) is 16.9. The number of anilines is 1. The van der Waals surface area contributed by atoms with Crippen molar-refractivity contribution in [3.8, 4) is 0 Å². The fraction of sp³-hybridized carbons (Fsp3) is 0.368. The summed E-state index contributed by atoms with van der Waals surface area (Å²) in [5, 5.41) is 0. The largest absolute Gasteiger partial charge is 0.356 e. The standard InChI is InChI=1S/C19H20N4O2S2/c1-12-7-6-10-23-15(12)20-16(22-8-4-3-5-9-22)13(17(23)24)11-14-18(25)21(2)19(26)27-14/h6-7,10-11H,3-5,8-9H2,1-2H3. The van der Waals surface area contributed by atoms with E-state index in [1.165, 1.54) is 23.1 Å². The van der Waals surface area contributed by atoms with Crippen molar-refractivity contribution in [3.63, 3.8) is 0 Å². The number of thiocarbonyl (C=S) groups is 1. The van der Waals surface area contributed by atoms with Gasteiger partial charge < -0.3 is 4.90 Å². The van der Waals surface area contributed by atoms with Gasteiger partial charge in [0.1, 0.15) is 15.8 Å². The molecule has 0 aromatic carbocycles. The van der Waals surface area contributed by atoms with Gasteiger partial charge in [-0.3, -0.25) is 18.9 Å². The van der Waals surface area contributed by atoms with Crippen LogP contribution >= 0.6 is 24.0 Å². The van der Waals surface area contributed by atoms with Crippen LogP contribution in [-0.4, -0.2) is 44.6 Å². The lowest BCUT2D eigenvalue weighted by molar-refractivity contribution is -0.121. The highest BCUT2D eigenvalue weighted by atomic mass is 32.2. The third-order valence-electron chi connectivity index (χ3n) is 4.98. The van der Waals surface area contributed by atoms with Crippen molar-refractivity contribution in [1.29, 1.82) is 0 Å². The van der Waals surface area contributed by atoms with Crippen LogP contribution < -0.4 is 10.5 Å². The quantitative estimate of drug-likeness (QED) is 0.571. The van der Waals surface area contributed by atoms with E-state index in [2.05, 4.69) is 4.90 Å². The Morgan fingerprint density at radius 3 is 2.63 bits per heavy atom. The Bertz CT molecular complexity index is 1040. The minimum atomic E-state index is -0.177. The minimum absolute atomic E-state index is 0.161. The first-order valence-electron chi connectivity index (χ1n) is 8.96. The monoisotopic (exact) mass is 400 g/mol. The van der Waals surface area contributed by atoms with Crippen LogP contribution in [0.15, 0.2) is 28.0 Å². The lowest BCUT2D eigenvalue weighted by Gasteiger charge is -2.29. The van der Waals surface area contributed by atoms with Gasteiger partial charge in [-0.25, -0.2) is 4.98 Å². The number of carbonyl (C=O) groups excluding carboxylic acids is 1. The molecule has 2 aromatic rings. The summed E-state index contributed by atoms with van der Waals surface area (Å²) in [6.45, 7) is 3.68. The van der Waals surface area contributed by atoms with Crippen LogP contribution in [0.1, 0.15) is 30.4 Å². The Morgan fingerprint density at radius 2 is 1.96 bits per heavy atom. The van der Waals surface area contributed by atoms with Gasteiger partial charge in [0.05, 0.1) is 10.5 Å². The van der Waals surface area contributed by atoms with E-state index >= 15 is 0 Å². The molecule has 0 radical (unpaired) electrons. The number of aromatic nitrogens is 2. The molecule has 2 saturated heterocycles. The van der Waals surface area contributed by atoms with Crippen molar-refractivity contribution in [1.82, 2.24) is 14.3 Å². The number of amides is 1. The summed E-state index contributed by atoms with van der Waals surface area (Å²) in [4.78, 5) is 34.6. The van der Waals surface area contributed by atoms with Gasteiger partial charge >= 0.3 is 0 Å². The first-order valence-corrected chi connectivity index (χ1v) is 10.2. The maximum atomic E-state index is 13.3.